The second-order valence-corrected chi connectivity index (χ2v) is 3.32. The highest BCUT2D eigenvalue weighted by atomic mass is 79.9. The quantitative estimate of drug-likeness (QED) is 0.814. The normalized spacial score (nSPS) is 11.8. The van der Waals surface area contributed by atoms with Gasteiger partial charge >= 0.3 is 6.18 Å². The van der Waals surface area contributed by atoms with Crippen LogP contribution in [0.25, 0.3) is 0 Å². The zero-order valence-corrected chi connectivity index (χ0v) is 7.85. The smallest absolute Gasteiger partial charge is 0.385 e. The Morgan fingerprint density at radius 3 is 2.31 bits per heavy atom. The summed E-state index contributed by atoms with van der Waals surface area (Å²) in [4.78, 5) is 0. The summed E-state index contributed by atoms with van der Waals surface area (Å²) in [5.41, 5.74) is -0.677. The Labute approximate surface area is 81.3 Å². The van der Waals surface area contributed by atoms with Crippen molar-refractivity contribution in [3.63, 3.8) is 0 Å². The predicted octanol–water partition coefficient (Wildman–Crippen LogP) is 3.35. The van der Waals surface area contributed by atoms with Crippen LogP contribution in [0.2, 0.25) is 0 Å². The molecule has 0 saturated heterocycles. The monoisotopic (exact) mass is 253 g/mol. The average Bonchev–Trinajstić information content (AvgIpc) is 2.01. The summed E-state index contributed by atoms with van der Waals surface area (Å²) in [6.07, 6.45) is -4.39. The van der Waals surface area contributed by atoms with Gasteiger partial charge in [0.15, 0.2) is 0 Å². The molecule has 0 aromatic heterocycles. The highest BCUT2D eigenvalue weighted by Gasteiger charge is 2.30. The molecule has 13 heavy (non-hydrogen) atoms. The van der Waals surface area contributed by atoms with E-state index in [9.17, 15) is 13.2 Å². The van der Waals surface area contributed by atoms with Gasteiger partial charge in [-0.1, -0.05) is 15.9 Å². The van der Waals surface area contributed by atoms with Gasteiger partial charge in [-0.3, -0.25) is 0 Å². The molecule has 0 aliphatic rings. The van der Waals surface area contributed by atoms with Crippen LogP contribution in [-0.2, 0) is 6.18 Å². The van der Waals surface area contributed by atoms with Gasteiger partial charge in [0.25, 0.3) is 0 Å². The third kappa shape index (κ3) is 2.70. The molecule has 1 aromatic carbocycles. The van der Waals surface area contributed by atoms with E-state index in [1.807, 2.05) is 0 Å². The number of rotatable bonds is 1. The lowest BCUT2D eigenvalue weighted by molar-refractivity contribution is -0.137. The molecular formula is C8H5BrF3O. The Morgan fingerprint density at radius 1 is 1.23 bits per heavy atom. The number of halogens is 4. The number of benzene rings is 1. The van der Waals surface area contributed by atoms with Crippen LogP contribution in [0.5, 0.6) is 0 Å². The van der Waals surface area contributed by atoms with E-state index < -0.39 is 11.7 Å². The molecule has 1 N–H and O–H groups in total. The van der Waals surface area contributed by atoms with Gasteiger partial charge in [-0.15, -0.1) is 0 Å². The van der Waals surface area contributed by atoms with Gasteiger partial charge in [-0.2, -0.15) is 13.2 Å². The van der Waals surface area contributed by atoms with Crippen LogP contribution in [0.15, 0.2) is 22.7 Å². The second kappa shape index (κ2) is 3.67. The van der Waals surface area contributed by atoms with Crippen molar-refractivity contribution in [2.24, 2.45) is 0 Å². The molecule has 1 rings (SSSR count). The fourth-order valence-corrected chi connectivity index (χ4v) is 1.36. The molecular weight excluding hydrogens is 249 g/mol. The maximum absolute atomic E-state index is 12.2. The van der Waals surface area contributed by atoms with E-state index >= 15 is 0 Å². The molecule has 0 unspecified atom stereocenters. The lowest BCUT2D eigenvalue weighted by Gasteiger charge is -2.08. The summed E-state index contributed by atoms with van der Waals surface area (Å²) in [5.74, 6) is 0. The van der Waals surface area contributed by atoms with Gasteiger partial charge in [-0.05, 0) is 23.8 Å². The van der Waals surface area contributed by atoms with Crippen molar-refractivity contribution < 1.29 is 18.3 Å². The van der Waals surface area contributed by atoms with Crippen LogP contribution in [0.1, 0.15) is 11.1 Å². The standard InChI is InChI=1S/C8H5BrF3O/c9-7-2-5(4-13)1-6(3-7)8(10,11)12/h1-4,13H. The summed E-state index contributed by atoms with van der Waals surface area (Å²) in [6, 6.07) is 3.20. The maximum Gasteiger partial charge on any atom is 0.416 e. The molecule has 1 aromatic rings. The maximum atomic E-state index is 12.2. The van der Waals surface area contributed by atoms with Gasteiger partial charge in [0.1, 0.15) is 6.61 Å². The van der Waals surface area contributed by atoms with Gasteiger partial charge in [0.2, 0.25) is 0 Å². The molecule has 0 bridgehead atoms. The molecule has 0 spiro atoms. The first kappa shape index (κ1) is 10.5. The minimum absolute atomic E-state index is 0.113. The summed E-state index contributed by atoms with van der Waals surface area (Å²) in [7, 11) is 0. The molecule has 0 fully saturated rings. The third-order valence-corrected chi connectivity index (χ3v) is 1.85. The number of aliphatic hydroxyl groups is 1. The molecule has 1 radical (unpaired) electrons. The molecule has 1 nitrogen and oxygen atoms in total. The summed E-state index contributed by atoms with van der Waals surface area (Å²) >= 11 is 2.92. The summed E-state index contributed by atoms with van der Waals surface area (Å²) in [6.45, 7) is 0.625. The molecule has 0 aliphatic heterocycles. The Bertz CT molecular complexity index is 309. The molecule has 0 amide bonds. The number of hydrogen-bond donors (Lipinski definition) is 1. The first-order valence-corrected chi connectivity index (χ1v) is 4.08. The lowest BCUT2D eigenvalue weighted by atomic mass is 10.1. The summed E-state index contributed by atoms with van der Waals surface area (Å²) < 4.78 is 36.8. The Balaban J connectivity index is 3.16. The molecule has 5 heteroatoms. The van der Waals surface area contributed by atoms with Crippen LogP contribution in [0, 0.1) is 6.61 Å². The molecule has 0 aliphatic carbocycles. The predicted molar refractivity (Wildman–Crippen MR) is 44.5 cm³/mol. The Kier molecular flexibility index (Phi) is 2.98. The number of aliphatic hydroxyl groups excluding tert-OH is 1. The zero-order valence-electron chi connectivity index (χ0n) is 6.27. The molecule has 0 atom stereocenters. The SMILES string of the molecule is O[CH]c1cc(Br)cc(C(F)(F)F)c1. The molecule has 0 heterocycles. The Morgan fingerprint density at radius 2 is 1.85 bits per heavy atom. The van der Waals surface area contributed by atoms with E-state index in [0.29, 0.717) is 6.61 Å². The number of hydrogen-bond acceptors (Lipinski definition) is 1. The van der Waals surface area contributed by atoms with Gasteiger partial charge in [0.05, 0.1) is 5.56 Å². The van der Waals surface area contributed by atoms with Crippen molar-refractivity contribution in [1.29, 1.82) is 0 Å². The topological polar surface area (TPSA) is 20.2 Å². The van der Waals surface area contributed by atoms with E-state index in [0.717, 1.165) is 12.1 Å². The fourth-order valence-electron chi connectivity index (χ4n) is 0.851. The van der Waals surface area contributed by atoms with Crippen molar-refractivity contribution in [3.8, 4) is 0 Å². The minimum atomic E-state index is -4.39. The van der Waals surface area contributed by atoms with Crippen molar-refractivity contribution in [1.82, 2.24) is 0 Å². The van der Waals surface area contributed by atoms with Crippen LogP contribution >= 0.6 is 15.9 Å². The molecule has 0 saturated carbocycles. The van der Waals surface area contributed by atoms with Crippen molar-refractivity contribution in [2.45, 2.75) is 6.18 Å². The van der Waals surface area contributed by atoms with Crippen LogP contribution in [0.3, 0.4) is 0 Å². The largest absolute Gasteiger partial charge is 0.416 e. The van der Waals surface area contributed by atoms with E-state index in [-0.39, 0.29) is 10.0 Å². The van der Waals surface area contributed by atoms with Gasteiger partial charge in [-0.25, -0.2) is 0 Å². The summed E-state index contributed by atoms with van der Waals surface area (Å²) in [5, 5.41) is 8.54. The van der Waals surface area contributed by atoms with Crippen molar-refractivity contribution in [2.75, 3.05) is 0 Å². The van der Waals surface area contributed by atoms with Gasteiger partial charge < -0.3 is 5.11 Å². The van der Waals surface area contributed by atoms with Crippen molar-refractivity contribution in [3.05, 3.63) is 40.4 Å². The second-order valence-electron chi connectivity index (χ2n) is 2.40. The third-order valence-electron chi connectivity index (χ3n) is 1.40. The van der Waals surface area contributed by atoms with Gasteiger partial charge in [0, 0.05) is 4.47 Å². The fraction of sp³-hybridized carbons (Fsp3) is 0.125. The highest BCUT2D eigenvalue weighted by molar-refractivity contribution is 9.10. The highest BCUT2D eigenvalue weighted by Crippen LogP contribution is 2.32. The molecule has 71 valence electrons. The van der Waals surface area contributed by atoms with Crippen LogP contribution < -0.4 is 0 Å². The first-order valence-electron chi connectivity index (χ1n) is 3.28. The Hall–Kier alpha value is -0.550. The zero-order chi connectivity index (χ0) is 10.1. The van der Waals surface area contributed by atoms with E-state index in [2.05, 4.69) is 15.9 Å². The van der Waals surface area contributed by atoms with Crippen molar-refractivity contribution >= 4 is 15.9 Å². The van der Waals surface area contributed by atoms with Crippen LogP contribution in [-0.4, -0.2) is 5.11 Å². The lowest BCUT2D eigenvalue weighted by Crippen LogP contribution is -2.05. The first-order chi connectivity index (χ1) is 5.93. The van der Waals surface area contributed by atoms with Crippen LogP contribution in [0.4, 0.5) is 13.2 Å². The number of alkyl halides is 3. The minimum Gasteiger partial charge on any atom is -0.385 e. The van der Waals surface area contributed by atoms with E-state index in [4.69, 9.17) is 5.11 Å². The van der Waals surface area contributed by atoms with E-state index in [1.54, 1.807) is 0 Å². The average molecular weight is 254 g/mol. The van der Waals surface area contributed by atoms with E-state index in [1.165, 1.54) is 6.07 Å².